The van der Waals surface area contributed by atoms with Crippen LogP contribution in [-0.2, 0) is 13.1 Å². The monoisotopic (exact) mass is 340 g/mol. The van der Waals surface area contributed by atoms with Crippen LogP contribution in [0.1, 0.15) is 11.1 Å². The molecule has 0 amide bonds. The lowest BCUT2D eigenvalue weighted by molar-refractivity contribution is 0.394. The van der Waals surface area contributed by atoms with Crippen LogP contribution in [0.3, 0.4) is 0 Å². The number of nitrogens with two attached hydrogens (primary N) is 1. The fraction of sp³-hybridized carbons (Fsp3) is 0.231. The minimum Gasteiger partial charge on any atom is -0.480 e. The molecule has 5 nitrogen and oxygen atoms in total. The molecular formula is C13H14BrFN4O. The zero-order valence-electron chi connectivity index (χ0n) is 10.9. The molecule has 0 unspecified atom stereocenters. The van der Waals surface area contributed by atoms with E-state index in [0.717, 1.165) is 5.56 Å². The number of ether oxygens (including phenoxy) is 1. The van der Waals surface area contributed by atoms with E-state index in [-0.39, 0.29) is 12.4 Å². The summed E-state index contributed by atoms with van der Waals surface area (Å²) < 4.78 is 19.5. The van der Waals surface area contributed by atoms with Gasteiger partial charge in [0, 0.05) is 18.7 Å². The molecule has 0 aliphatic carbocycles. The summed E-state index contributed by atoms with van der Waals surface area (Å²) in [6.45, 7) is 0.596. The van der Waals surface area contributed by atoms with Crippen LogP contribution in [0.25, 0.3) is 0 Å². The first-order valence-electron chi connectivity index (χ1n) is 5.91. The van der Waals surface area contributed by atoms with Gasteiger partial charge in [-0.05, 0) is 27.6 Å². The third-order valence-corrected chi connectivity index (χ3v) is 3.24. The first-order chi connectivity index (χ1) is 9.63. The summed E-state index contributed by atoms with van der Waals surface area (Å²) in [7, 11) is 1.52. The van der Waals surface area contributed by atoms with Gasteiger partial charge < -0.3 is 15.8 Å². The SMILES string of the molecule is COc1nc(NCc2ccc(CN)cc2F)ncc1Br. The van der Waals surface area contributed by atoms with Crippen LogP contribution >= 0.6 is 15.9 Å². The van der Waals surface area contributed by atoms with Crippen LogP contribution in [0.2, 0.25) is 0 Å². The maximum Gasteiger partial charge on any atom is 0.232 e. The maximum atomic E-state index is 13.8. The number of hydrogen-bond acceptors (Lipinski definition) is 5. The molecule has 0 radical (unpaired) electrons. The molecule has 2 aromatic rings. The van der Waals surface area contributed by atoms with Gasteiger partial charge in [-0.1, -0.05) is 12.1 Å². The summed E-state index contributed by atoms with van der Waals surface area (Å²) in [5, 5.41) is 2.95. The van der Waals surface area contributed by atoms with Gasteiger partial charge in [0.25, 0.3) is 0 Å². The van der Waals surface area contributed by atoms with Crippen molar-refractivity contribution in [1.82, 2.24) is 9.97 Å². The molecule has 0 saturated heterocycles. The number of benzene rings is 1. The van der Waals surface area contributed by atoms with Crippen molar-refractivity contribution in [3.05, 3.63) is 45.8 Å². The van der Waals surface area contributed by atoms with Crippen LogP contribution in [0, 0.1) is 5.82 Å². The molecule has 0 aliphatic heterocycles. The molecule has 20 heavy (non-hydrogen) atoms. The van der Waals surface area contributed by atoms with Gasteiger partial charge in [-0.2, -0.15) is 4.98 Å². The summed E-state index contributed by atoms with van der Waals surface area (Å²) in [6, 6.07) is 4.92. The number of aromatic nitrogens is 2. The molecule has 0 saturated carbocycles. The molecule has 0 atom stereocenters. The fourth-order valence-corrected chi connectivity index (χ4v) is 1.97. The molecule has 1 aromatic heterocycles. The molecule has 0 aliphatic rings. The van der Waals surface area contributed by atoms with E-state index in [1.54, 1.807) is 18.3 Å². The number of hydrogen-bond donors (Lipinski definition) is 2. The van der Waals surface area contributed by atoms with Gasteiger partial charge in [-0.25, -0.2) is 9.37 Å². The lowest BCUT2D eigenvalue weighted by Gasteiger charge is -2.08. The second kappa shape index (κ2) is 6.62. The Morgan fingerprint density at radius 3 is 2.90 bits per heavy atom. The van der Waals surface area contributed by atoms with Crippen molar-refractivity contribution in [3.63, 3.8) is 0 Å². The first-order valence-corrected chi connectivity index (χ1v) is 6.71. The molecular weight excluding hydrogens is 327 g/mol. The zero-order chi connectivity index (χ0) is 14.5. The summed E-state index contributed by atoms with van der Waals surface area (Å²) in [5.74, 6) is 0.485. The van der Waals surface area contributed by atoms with Crippen LogP contribution in [0.5, 0.6) is 5.88 Å². The molecule has 106 valence electrons. The van der Waals surface area contributed by atoms with Gasteiger partial charge >= 0.3 is 0 Å². The van der Waals surface area contributed by atoms with Crippen molar-refractivity contribution < 1.29 is 9.13 Å². The normalized spacial score (nSPS) is 10.4. The average Bonchev–Trinajstić information content (AvgIpc) is 2.47. The molecule has 0 spiro atoms. The van der Waals surface area contributed by atoms with Gasteiger partial charge in [0.2, 0.25) is 11.8 Å². The van der Waals surface area contributed by atoms with Gasteiger partial charge in [0.15, 0.2) is 0 Å². The van der Waals surface area contributed by atoms with Crippen molar-refractivity contribution in [3.8, 4) is 5.88 Å². The van der Waals surface area contributed by atoms with Crippen LogP contribution in [0.4, 0.5) is 10.3 Å². The highest BCUT2D eigenvalue weighted by Crippen LogP contribution is 2.22. The van der Waals surface area contributed by atoms with Crippen molar-refractivity contribution in [1.29, 1.82) is 0 Å². The van der Waals surface area contributed by atoms with Crippen LogP contribution in [-0.4, -0.2) is 17.1 Å². The van der Waals surface area contributed by atoms with E-state index >= 15 is 0 Å². The third kappa shape index (κ3) is 3.43. The lowest BCUT2D eigenvalue weighted by Crippen LogP contribution is -2.07. The van der Waals surface area contributed by atoms with E-state index in [2.05, 4.69) is 31.2 Å². The predicted molar refractivity (Wildman–Crippen MR) is 77.9 cm³/mol. The lowest BCUT2D eigenvalue weighted by atomic mass is 10.1. The number of methoxy groups -OCH3 is 1. The van der Waals surface area contributed by atoms with E-state index < -0.39 is 0 Å². The molecule has 0 fully saturated rings. The quantitative estimate of drug-likeness (QED) is 0.874. The Balaban J connectivity index is 2.08. The van der Waals surface area contributed by atoms with E-state index in [4.69, 9.17) is 10.5 Å². The van der Waals surface area contributed by atoms with Crippen LogP contribution < -0.4 is 15.8 Å². The smallest absolute Gasteiger partial charge is 0.232 e. The third-order valence-electron chi connectivity index (χ3n) is 2.70. The maximum absolute atomic E-state index is 13.8. The summed E-state index contributed by atoms with van der Waals surface area (Å²) in [5.41, 5.74) is 6.74. The van der Waals surface area contributed by atoms with Gasteiger partial charge in [-0.15, -0.1) is 0 Å². The van der Waals surface area contributed by atoms with Crippen LogP contribution in [0.15, 0.2) is 28.9 Å². The minimum atomic E-state index is -0.301. The largest absolute Gasteiger partial charge is 0.480 e. The minimum absolute atomic E-state index is 0.279. The summed E-state index contributed by atoms with van der Waals surface area (Å²) in [6.07, 6.45) is 1.57. The zero-order valence-corrected chi connectivity index (χ0v) is 12.4. The molecule has 1 aromatic carbocycles. The Morgan fingerprint density at radius 1 is 1.45 bits per heavy atom. The second-order valence-corrected chi connectivity index (χ2v) is 4.89. The number of nitrogens with one attached hydrogen (secondary N) is 1. The molecule has 7 heteroatoms. The summed E-state index contributed by atoms with van der Waals surface area (Å²) >= 11 is 3.26. The predicted octanol–water partition coefficient (Wildman–Crippen LogP) is 2.46. The number of anilines is 1. The van der Waals surface area contributed by atoms with E-state index in [1.165, 1.54) is 13.2 Å². The van der Waals surface area contributed by atoms with E-state index in [0.29, 0.717) is 28.4 Å². The summed E-state index contributed by atoms with van der Waals surface area (Å²) in [4.78, 5) is 8.21. The Bertz CT molecular complexity index is 609. The standard InChI is InChI=1S/C13H14BrFN4O/c1-20-12-10(14)7-18-13(19-12)17-6-9-3-2-8(5-16)4-11(9)15/h2-4,7H,5-6,16H2,1H3,(H,17,18,19). The highest BCUT2D eigenvalue weighted by molar-refractivity contribution is 9.10. The Hall–Kier alpha value is -1.73. The average molecular weight is 341 g/mol. The van der Waals surface area contributed by atoms with Gasteiger partial charge in [0.1, 0.15) is 5.82 Å². The van der Waals surface area contributed by atoms with Crippen molar-refractivity contribution in [2.75, 3.05) is 12.4 Å². The van der Waals surface area contributed by atoms with E-state index in [1.807, 2.05) is 0 Å². The fourth-order valence-electron chi connectivity index (χ4n) is 1.62. The molecule has 2 rings (SSSR count). The molecule has 3 N–H and O–H groups in total. The topological polar surface area (TPSA) is 73.1 Å². The second-order valence-electron chi connectivity index (χ2n) is 4.03. The molecule has 0 bridgehead atoms. The Morgan fingerprint density at radius 2 is 2.25 bits per heavy atom. The van der Waals surface area contributed by atoms with Gasteiger partial charge in [0.05, 0.1) is 17.8 Å². The number of halogens is 2. The van der Waals surface area contributed by atoms with E-state index in [9.17, 15) is 4.39 Å². The Kier molecular flexibility index (Phi) is 4.86. The number of nitrogens with zero attached hydrogens (tertiary/aromatic N) is 2. The van der Waals surface area contributed by atoms with Crippen molar-refractivity contribution in [2.45, 2.75) is 13.1 Å². The molecule has 1 heterocycles. The van der Waals surface area contributed by atoms with Crippen molar-refractivity contribution >= 4 is 21.9 Å². The van der Waals surface area contributed by atoms with Gasteiger partial charge in [-0.3, -0.25) is 0 Å². The van der Waals surface area contributed by atoms with Crippen molar-refractivity contribution in [2.24, 2.45) is 5.73 Å². The number of rotatable bonds is 5. The Labute approximate surface area is 124 Å². The highest BCUT2D eigenvalue weighted by atomic mass is 79.9. The highest BCUT2D eigenvalue weighted by Gasteiger charge is 2.07. The first kappa shape index (κ1) is 14.7.